The monoisotopic (exact) mass is 352 g/mol. The number of hydrogen-bond acceptors (Lipinski definition) is 4. The van der Waals surface area contributed by atoms with E-state index < -0.39 is 0 Å². The van der Waals surface area contributed by atoms with Crippen molar-refractivity contribution >= 4 is 16.9 Å². The van der Waals surface area contributed by atoms with Crippen LogP contribution in [0.3, 0.4) is 0 Å². The van der Waals surface area contributed by atoms with Gasteiger partial charge in [0.15, 0.2) is 0 Å². The van der Waals surface area contributed by atoms with Crippen molar-refractivity contribution in [2.45, 2.75) is 26.8 Å². The van der Waals surface area contributed by atoms with E-state index in [0.717, 1.165) is 48.4 Å². The van der Waals surface area contributed by atoms with E-state index in [4.69, 9.17) is 5.73 Å². The Kier molecular flexibility index (Phi) is 5.48. The van der Waals surface area contributed by atoms with Crippen molar-refractivity contribution in [3.8, 4) is 5.69 Å². The van der Waals surface area contributed by atoms with Crippen LogP contribution in [0.5, 0.6) is 0 Å². The predicted molar refractivity (Wildman–Crippen MR) is 105 cm³/mol. The van der Waals surface area contributed by atoms with Crippen LogP contribution in [0, 0.1) is 6.92 Å². The Morgan fingerprint density at radius 1 is 1.35 bits per heavy atom. The van der Waals surface area contributed by atoms with Gasteiger partial charge >= 0.3 is 5.69 Å². The smallest absolute Gasteiger partial charge is 0.354 e. The van der Waals surface area contributed by atoms with Gasteiger partial charge in [-0.1, -0.05) is 12.1 Å². The van der Waals surface area contributed by atoms with Crippen LogP contribution in [0.2, 0.25) is 0 Å². The topological polar surface area (TPSA) is 101 Å². The van der Waals surface area contributed by atoms with E-state index in [-0.39, 0.29) is 5.69 Å². The van der Waals surface area contributed by atoms with Crippen molar-refractivity contribution in [3.05, 3.63) is 58.3 Å². The first kappa shape index (κ1) is 17.9. The fraction of sp³-hybridized carbons (Fsp3) is 0.316. The molecule has 7 nitrogen and oxygen atoms in total. The highest BCUT2D eigenvalue weighted by molar-refractivity contribution is 5.77. The molecule has 26 heavy (non-hydrogen) atoms. The number of nitrogens with zero attached hydrogens (tertiary/aromatic N) is 3. The number of H-pyrrole nitrogens is 1. The summed E-state index contributed by atoms with van der Waals surface area (Å²) >= 11 is 0. The summed E-state index contributed by atoms with van der Waals surface area (Å²) in [7, 11) is 0. The van der Waals surface area contributed by atoms with Gasteiger partial charge in [-0.15, -0.1) is 0 Å². The molecule has 0 amide bonds. The number of rotatable bonds is 7. The lowest BCUT2D eigenvalue weighted by Crippen LogP contribution is -2.20. The van der Waals surface area contributed by atoms with Crippen LogP contribution in [0.4, 0.5) is 0 Å². The molecule has 0 saturated heterocycles. The van der Waals surface area contributed by atoms with Gasteiger partial charge in [-0.25, -0.2) is 4.79 Å². The largest absolute Gasteiger partial charge is 0.388 e. The SMILES string of the molecule is CC(N)=NCCCNCc1ccc(-n2cc3cc(C)[nH]c3nc2=O)cc1. The van der Waals surface area contributed by atoms with Crippen molar-refractivity contribution in [3.63, 3.8) is 0 Å². The van der Waals surface area contributed by atoms with Crippen LogP contribution in [-0.4, -0.2) is 33.5 Å². The summed E-state index contributed by atoms with van der Waals surface area (Å²) in [6.45, 7) is 6.14. The number of aliphatic imine (C=N–C) groups is 1. The standard InChI is InChI=1S/C19H24N6O/c1-13-10-16-12-25(19(26)24-18(16)23-13)17-6-4-15(5-7-17)11-21-8-3-9-22-14(2)20/h4-7,10,12,21H,3,8-9,11H2,1-2H3,(H2,20,22)(H,23,24,26). The zero-order valence-electron chi connectivity index (χ0n) is 15.1. The summed E-state index contributed by atoms with van der Waals surface area (Å²) in [5.74, 6) is 0.623. The molecule has 0 aliphatic heterocycles. The highest BCUT2D eigenvalue weighted by Gasteiger charge is 2.06. The second-order valence-electron chi connectivity index (χ2n) is 6.37. The van der Waals surface area contributed by atoms with Gasteiger partial charge in [-0.3, -0.25) is 9.56 Å². The van der Waals surface area contributed by atoms with Gasteiger partial charge in [0.25, 0.3) is 0 Å². The molecule has 2 heterocycles. The van der Waals surface area contributed by atoms with E-state index in [1.54, 1.807) is 11.5 Å². The highest BCUT2D eigenvalue weighted by atomic mass is 16.1. The Labute approximate surface area is 152 Å². The number of hydrogen-bond donors (Lipinski definition) is 3. The van der Waals surface area contributed by atoms with Crippen LogP contribution in [0.25, 0.3) is 16.7 Å². The first-order chi connectivity index (χ1) is 12.5. The van der Waals surface area contributed by atoms with Crippen LogP contribution in [-0.2, 0) is 6.54 Å². The third kappa shape index (κ3) is 4.37. The van der Waals surface area contributed by atoms with Gasteiger partial charge in [0, 0.05) is 30.4 Å². The minimum atomic E-state index is -0.291. The van der Waals surface area contributed by atoms with Crippen molar-refractivity contribution in [1.82, 2.24) is 19.9 Å². The number of aryl methyl sites for hydroxylation is 1. The number of nitrogens with one attached hydrogen (secondary N) is 2. The summed E-state index contributed by atoms with van der Waals surface area (Å²) in [6.07, 6.45) is 2.77. The predicted octanol–water partition coefficient (Wildman–Crippen LogP) is 1.88. The van der Waals surface area contributed by atoms with Crippen molar-refractivity contribution in [2.75, 3.05) is 13.1 Å². The van der Waals surface area contributed by atoms with Gasteiger partial charge in [0.2, 0.25) is 0 Å². The third-order valence-electron chi connectivity index (χ3n) is 4.06. The molecular weight excluding hydrogens is 328 g/mol. The van der Waals surface area contributed by atoms with Crippen LogP contribution in [0.1, 0.15) is 24.6 Å². The first-order valence-corrected chi connectivity index (χ1v) is 8.68. The normalized spacial score (nSPS) is 12.0. The molecule has 0 radical (unpaired) electrons. The minimum absolute atomic E-state index is 0.291. The molecule has 3 rings (SSSR count). The maximum atomic E-state index is 12.2. The zero-order chi connectivity index (χ0) is 18.5. The Bertz CT molecular complexity index is 964. The van der Waals surface area contributed by atoms with E-state index in [0.29, 0.717) is 11.5 Å². The Morgan fingerprint density at radius 3 is 2.85 bits per heavy atom. The molecule has 1 aromatic carbocycles. The number of aromatic amines is 1. The summed E-state index contributed by atoms with van der Waals surface area (Å²) in [4.78, 5) is 23.6. The van der Waals surface area contributed by atoms with Crippen molar-refractivity contribution < 1.29 is 0 Å². The average Bonchev–Trinajstić information content (AvgIpc) is 2.96. The number of fused-ring (bicyclic) bond motifs is 1. The molecule has 0 unspecified atom stereocenters. The maximum Gasteiger partial charge on any atom is 0.354 e. The van der Waals surface area contributed by atoms with Crippen molar-refractivity contribution in [1.29, 1.82) is 0 Å². The average molecular weight is 352 g/mol. The lowest BCUT2D eigenvalue weighted by Gasteiger charge is -2.08. The molecule has 0 fully saturated rings. The second-order valence-corrected chi connectivity index (χ2v) is 6.37. The molecule has 136 valence electrons. The molecular formula is C19H24N6O. The molecule has 0 spiro atoms. The van der Waals surface area contributed by atoms with Crippen LogP contribution < -0.4 is 16.7 Å². The molecule has 4 N–H and O–H groups in total. The molecule has 7 heteroatoms. The second kappa shape index (κ2) is 7.97. The number of nitrogens with two attached hydrogens (primary N) is 1. The van der Waals surface area contributed by atoms with E-state index in [1.807, 2.05) is 43.5 Å². The minimum Gasteiger partial charge on any atom is -0.388 e. The van der Waals surface area contributed by atoms with Gasteiger partial charge in [0.05, 0.1) is 11.5 Å². The number of amidine groups is 1. The summed E-state index contributed by atoms with van der Waals surface area (Å²) in [5.41, 5.74) is 8.78. The van der Waals surface area contributed by atoms with Gasteiger partial charge in [-0.05, 0) is 50.6 Å². The Hall–Kier alpha value is -2.93. The van der Waals surface area contributed by atoms with Gasteiger partial charge < -0.3 is 16.0 Å². The van der Waals surface area contributed by atoms with Crippen molar-refractivity contribution in [2.24, 2.45) is 10.7 Å². The lowest BCUT2D eigenvalue weighted by molar-refractivity contribution is 0.655. The lowest BCUT2D eigenvalue weighted by atomic mass is 10.2. The summed E-state index contributed by atoms with van der Waals surface area (Å²) in [5, 5.41) is 4.30. The van der Waals surface area contributed by atoms with E-state index in [2.05, 4.69) is 20.3 Å². The molecule has 3 aromatic rings. The van der Waals surface area contributed by atoms with E-state index >= 15 is 0 Å². The number of benzene rings is 1. The van der Waals surface area contributed by atoms with Gasteiger partial charge in [-0.2, -0.15) is 4.98 Å². The quantitative estimate of drug-likeness (QED) is 0.343. The maximum absolute atomic E-state index is 12.2. The third-order valence-corrected chi connectivity index (χ3v) is 4.06. The van der Waals surface area contributed by atoms with E-state index in [9.17, 15) is 4.79 Å². The molecule has 0 atom stereocenters. The fourth-order valence-corrected chi connectivity index (χ4v) is 2.78. The molecule has 2 aromatic heterocycles. The van der Waals surface area contributed by atoms with Gasteiger partial charge in [0.1, 0.15) is 5.65 Å². The molecule has 0 aliphatic carbocycles. The first-order valence-electron chi connectivity index (χ1n) is 8.68. The fourth-order valence-electron chi connectivity index (χ4n) is 2.78. The summed E-state index contributed by atoms with van der Waals surface area (Å²) < 4.78 is 1.57. The molecule has 0 aliphatic rings. The van der Waals surface area contributed by atoms with E-state index in [1.165, 1.54) is 0 Å². The Morgan fingerprint density at radius 2 is 2.12 bits per heavy atom. The molecule has 0 bridgehead atoms. The molecule has 0 saturated carbocycles. The van der Waals surface area contributed by atoms with Crippen LogP contribution in [0.15, 0.2) is 46.3 Å². The van der Waals surface area contributed by atoms with Crippen LogP contribution >= 0.6 is 0 Å². The number of aromatic nitrogens is 3. The summed E-state index contributed by atoms with van der Waals surface area (Å²) in [6, 6.07) is 9.89. The highest BCUT2D eigenvalue weighted by Crippen LogP contribution is 2.13. The Balaban J connectivity index is 1.63. The zero-order valence-corrected chi connectivity index (χ0v) is 15.1.